The highest BCUT2D eigenvalue weighted by Crippen LogP contribution is 2.25. The van der Waals surface area contributed by atoms with Crippen molar-refractivity contribution < 1.29 is 14.6 Å². The highest BCUT2D eigenvalue weighted by molar-refractivity contribution is 5.91. The maximum absolute atomic E-state index is 11.1. The van der Waals surface area contributed by atoms with E-state index in [9.17, 15) is 4.79 Å². The molecule has 0 aliphatic carbocycles. The van der Waals surface area contributed by atoms with Crippen LogP contribution in [0.5, 0.6) is 5.75 Å². The first-order valence-electron chi connectivity index (χ1n) is 5.60. The van der Waals surface area contributed by atoms with Gasteiger partial charge in [-0.25, -0.2) is 4.79 Å². The lowest BCUT2D eigenvalue weighted by atomic mass is 10.00. The fourth-order valence-corrected chi connectivity index (χ4v) is 1.83. The molecule has 0 unspecified atom stereocenters. The Morgan fingerprint density at radius 2 is 1.83 bits per heavy atom. The summed E-state index contributed by atoms with van der Waals surface area (Å²) < 4.78 is 5.16. The van der Waals surface area contributed by atoms with Crippen molar-refractivity contribution in [3.8, 4) is 16.9 Å². The van der Waals surface area contributed by atoms with Crippen molar-refractivity contribution in [3.05, 3.63) is 53.6 Å². The second-order valence-electron chi connectivity index (χ2n) is 4.07. The molecular weight excluding hydrogens is 228 g/mol. The van der Waals surface area contributed by atoms with Gasteiger partial charge in [0.1, 0.15) is 5.75 Å². The van der Waals surface area contributed by atoms with Crippen molar-refractivity contribution in [1.82, 2.24) is 0 Å². The first kappa shape index (κ1) is 12.2. The van der Waals surface area contributed by atoms with Gasteiger partial charge in [-0.3, -0.25) is 0 Å². The van der Waals surface area contributed by atoms with Crippen molar-refractivity contribution in [2.24, 2.45) is 0 Å². The van der Waals surface area contributed by atoms with Gasteiger partial charge in [0.15, 0.2) is 0 Å². The largest absolute Gasteiger partial charge is 0.497 e. The molecule has 0 spiro atoms. The summed E-state index contributed by atoms with van der Waals surface area (Å²) in [6, 6.07) is 13.0. The average molecular weight is 242 g/mol. The fraction of sp³-hybridized carbons (Fsp3) is 0.133. The Hall–Kier alpha value is -2.29. The van der Waals surface area contributed by atoms with Crippen LogP contribution in [-0.2, 0) is 0 Å². The summed E-state index contributed by atoms with van der Waals surface area (Å²) >= 11 is 0. The molecule has 92 valence electrons. The molecule has 3 heteroatoms. The zero-order valence-electron chi connectivity index (χ0n) is 10.3. The van der Waals surface area contributed by atoms with Gasteiger partial charge in [-0.2, -0.15) is 0 Å². The zero-order valence-corrected chi connectivity index (χ0v) is 10.3. The molecule has 0 saturated carbocycles. The first-order valence-corrected chi connectivity index (χ1v) is 5.60. The molecule has 1 N–H and O–H groups in total. The van der Waals surface area contributed by atoms with Crippen LogP contribution in [0.2, 0.25) is 0 Å². The highest BCUT2D eigenvalue weighted by Gasteiger charge is 2.09. The average Bonchev–Trinajstić information content (AvgIpc) is 2.39. The number of methoxy groups -OCH3 is 1. The van der Waals surface area contributed by atoms with Gasteiger partial charge in [0, 0.05) is 0 Å². The molecule has 0 radical (unpaired) electrons. The van der Waals surface area contributed by atoms with E-state index in [2.05, 4.69) is 0 Å². The molecular formula is C15H14O3. The lowest BCUT2D eigenvalue weighted by Crippen LogP contribution is -1.99. The maximum Gasteiger partial charge on any atom is 0.335 e. The summed E-state index contributed by atoms with van der Waals surface area (Å²) in [7, 11) is 1.61. The van der Waals surface area contributed by atoms with Crippen LogP contribution >= 0.6 is 0 Å². The molecule has 3 nitrogen and oxygen atoms in total. The van der Waals surface area contributed by atoms with E-state index >= 15 is 0 Å². The summed E-state index contributed by atoms with van der Waals surface area (Å²) in [5, 5.41) is 9.11. The van der Waals surface area contributed by atoms with Crippen molar-refractivity contribution in [1.29, 1.82) is 0 Å². The van der Waals surface area contributed by atoms with E-state index in [0.29, 0.717) is 5.56 Å². The van der Waals surface area contributed by atoms with Crippen LogP contribution < -0.4 is 4.74 Å². The minimum atomic E-state index is -0.905. The normalized spacial score (nSPS) is 10.1. The molecule has 0 aromatic heterocycles. The molecule has 0 atom stereocenters. The zero-order chi connectivity index (χ0) is 13.1. The molecule has 2 aromatic carbocycles. The number of rotatable bonds is 3. The molecule has 0 heterocycles. The van der Waals surface area contributed by atoms with Crippen molar-refractivity contribution in [2.75, 3.05) is 7.11 Å². The van der Waals surface area contributed by atoms with E-state index in [-0.39, 0.29) is 0 Å². The summed E-state index contributed by atoms with van der Waals surface area (Å²) in [5.41, 5.74) is 2.90. The third kappa shape index (κ3) is 2.35. The molecule has 2 aromatic rings. The van der Waals surface area contributed by atoms with E-state index in [1.54, 1.807) is 20.1 Å². The summed E-state index contributed by atoms with van der Waals surface area (Å²) in [4.78, 5) is 11.1. The smallest absolute Gasteiger partial charge is 0.335 e. The summed E-state index contributed by atoms with van der Waals surface area (Å²) in [6.45, 7) is 1.79. The Balaban J connectivity index is 2.50. The van der Waals surface area contributed by atoms with Crippen LogP contribution in [0.1, 0.15) is 15.9 Å². The number of carboxylic acid groups (broad SMARTS) is 1. The molecule has 0 saturated heterocycles. The van der Waals surface area contributed by atoms with Crippen molar-refractivity contribution >= 4 is 5.97 Å². The van der Waals surface area contributed by atoms with Gasteiger partial charge in [-0.15, -0.1) is 0 Å². The van der Waals surface area contributed by atoms with Crippen LogP contribution in [0, 0.1) is 6.92 Å². The van der Waals surface area contributed by atoms with Crippen LogP contribution in [0.4, 0.5) is 0 Å². The number of hydrogen-bond donors (Lipinski definition) is 1. The van der Waals surface area contributed by atoms with E-state index in [1.807, 2.05) is 36.4 Å². The second kappa shape index (κ2) is 4.92. The van der Waals surface area contributed by atoms with Crippen LogP contribution in [0.25, 0.3) is 11.1 Å². The van der Waals surface area contributed by atoms with Crippen LogP contribution in [0.3, 0.4) is 0 Å². The SMILES string of the molecule is COc1cccc(-c2ccc(C)c(C(=O)O)c2)c1. The molecule has 0 bridgehead atoms. The standard InChI is InChI=1S/C15H14O3/c1-10-6-7-12(9-14(10)15(16)17)11-4-3-5-13(8-11)18-2/h3-9H,1-2H3,(H,16,17). The number of hydrogen-bond acceptors (Lipinski definition) is 2. The first-order chi connectivity index (χ1) is 8.61. The number of ether oxygens (including phenoxy) is 1. The van der Waals surface area contributed by atoms with Crippen molar-refractivity contribution in [2.45, 2.75) is 6.92 Å². The van der Waals surface area contributed by atoms with Gasteiger partial charge in [0.2, 0.25) is 0 Å². The molecule has 0 aliphatic rings. The van der Waals surface area contributed by atoms with Gasteiger partial charge in [-0.1, -0.05) is 24.3 Å². The third-order valence-corrected chi connectivity index (χ3v) is 2.87. The highest BCUT2D eigenvalue weighted by atomic mass is 16.5. The van der Waals surface area contributed by atoms with E-state index in [4.69, 9.17) is 9.84 Å². The van der Waals surface area contributed by atoms with Crippen molar-refractivity contribution in [3.63, 3.8) is 0 Å². The van der Waals surface area contributed by atoms with Gasteiger partial charge >= 0.3 is 5.97 Å². The predicted molar refractivity (Wildman–Crippen MR) is 70.1 cm³/mol. The topological polar surface area (TPSA) is 46.5 Å². The monoisotopic (exact) mass is 242 g/mol. The quantitative estimate of drug-likeness (QED) is 0.897. The maximum atomic E-state index is 11.1. The van der Waals surface area contributed by atoms with Gasteiger partial charge in [0.25, 0.3) is 0 Å². The number of benzene rings is 2. The van der Waals surface area contributed by atoms with Crippen LogP contribution in [-0.4, -0.2) is 18.2 Å². The molecule has 0 fully saturated rings. The number of aromatic carboxylic acids is 1. The van der Waals surface area contributed by atoms with Crippen LogP contribution in [0.15, 0.2) is 42.5 Å². The van der Waals surface area contributed by atoms with Gasteiger partial charge in [-0.05, 0) is 41.8 Å². The van der Waals surface area contributed by atoms with Gasteiger partial charge < -0.3 is 9.84 Å². The molecule has 2 rings (SSSR count). The Labute approximate surface area is 106 Å². The molecule has 18 heavy (non-hydrogen) atoms. The predicted octanol–water partition coefficient (Wildman–Crippen LogP) is 3.37. The summed E-state index contributed by atoms with van der Waals surface area (Å²) in [5.74, 6) is -0.151. The lowest BCUT2D eigenvalue weighted by molar-refractivity contribution is 0.0696. The van der Waals surface area contributed by atoms with E-state index in [1.165, 1.54) is 0 Å². The van der Waals surface area contributed by atoms with Gasteiger partial charge in [0.05, 0.1) is 12.7 Å². The minimum absolute atomic E-state index is 0.329. The van der Waals surface area contributed by atoms with E-state index in [0.717, 1.165) is 22.4 Å². The fourth-order valence-electron chi connectivity index (χ4n) is 1.83. The Kier molecular flexibility index (Phi) is 3.33. The molecule has 0 aliphatic heterocycles. The lowest BCUT2D eigenvalue weighted by Gasteiger charge is -2.07. The third-order valence-electron chi connectivity index (χ3n) is 2.87. The summed E-state index contributed by atoms with van der Waals surface area (Å²) in [6.07, 6.45) is 0. The second-order valence-corrected chi connectivity index (χ2v) is 4.07. The number of aryl methyl sites for hydroxylation is 1. The number of carboxylic acids is 1. The Morgan fingerprint density at radius 1 is 1.11 bits per heavy atom. The Morgan fingerprint density at radius 3 is 2.50 bits per heavy atom. The molecule has 0 amide bonds. The number of carbonyl (C=O) groups is 1. The minimum Gasteiger partial charge on any atom is -0.497 e. The Bertz CT molecular complexity index is 588. The van der Waals surface area contributed by atoms with E-state index < -0.39 is 5.97 Å².